The average Bonchev–Trinajstić information content (AvgIpc) is 2.75. The molecule has 1 aliphatic heterocycles. The third-order valence-corrected chi connectivity index (χ3v) is 3.45. The lowest BCUT2D eigenvalue weighted by molar-refractivity contribution is 0.0314. The standard InChI is InChI=1S/C12H15BrN2O3/c1-12(3-2-4-18-12)7-15-10-9(11(16)17)5-8(13)6-14-10/h5-6H,2-4,7H2,1H3,(H,14,15)(H,16,17). The lowest BCUT2D eigenvalue weighted by Gasteiger charge is -2.24. The van der Waals surface area contributed by atoms with E-state index in [2.05, 4.69) is 26.2 Å². The lowest BCUT2D eigenvalue weighted by Crippen LogP contribution is -2.33. The van der Waals surface area contributed by atoms with Crippen LogP contribution in [-0.4, -0.2) is 34.8 Å². The Morgan fingerprint density at radius 3 is 3.11 bits per heavy atom. The van der Waals surface area contributed by atoms with Crippen LogP contribution in [0.2, 0.25) is 0 Å². The van der Waals surface area contributed by atoms with Crippen LogP contribution in [0.15, 0.2) is 16.7 Å². The van der Waals surface area contributed by atoms with Crippen LogP contribution in [0.4, 0.5) is 5.82 Å². The molecule has 1 aromatic rings. The maximum atomic E-state index is 11.1. The summed E-state index contributed by atoms with van der Waals surface area (Å²) in [6.45, 7) is 3.34. The molecule has 1 unspecified atom stereocenters. The van der Waals surface area contributed by atoms with Gasteiger partial charge in [0.05, 0.1) is 5.60 Å². The fourth-order valence-corrected chi connectivity index (χ4v) is 2.32. The van der Waals surface area contributed by atoms with Crippen LogP contribution in [0.5, 0.6) is 0 Å². The molecule has 0 aromatic carbocycles. The molecule has 1 aliphatic rings. The first kappa shape index (κ1) is 13.3. The van der Waals surface area contributed by atoms with E-state index >= 15 is 0 Å². The van der Waals surface area contributed by atoms with Gasteiger partial charge in [-0.05, 0) is 41.8 Å². The highest BCUT2D eigenvalue weighted by Crippen LogP contribution is 2.26. The number of rotatable bonds is 4. The van der Waals surface area contributed by atoms with Crippen molar-refractivity contribution in [1.82, 2.24) is 4.98 Å². The number of carbonyl (C=O) groups is 1. The van der Waals surface area contributed by atoms with Crippen molar-refractivity contribution >= 4 is 27.7 Å². The number of aromatic nitrogens is 1. The molecule has 2 N–H and O–H groups in total. The molecular weight excluding hydrogens is 300 g/mol. The monoisotopic (exact) mass is 314 g/mol. The maximum absolute atomic E-state index is 11.1. The molecule has 98 valence electrons. The third kappa shape index (κ3) is 3.00. The topological polar surface area (TPSA) is 71.5 Å². The summed E-state index contributed by atoms with van der Waals surface area (Å²) >= 11 is 3.21. The summed E-state index contributed by atoms with van der Waals surface area (Å²) in [6, 6.07) is 1.54. The van der Waals surface area contributed by atoms with Gasteiger partial charge in [0.25, 0.3) is 0 Å². The molecule has 18 heavy (non-hydrogen) atoms. The molecule has 1 atom stereocenters. The van der Waals surface area contributed by atoms with Crippen LogP contribution in [-0.2, 0) is 4.74 Å². The summed E-state index contributed by atoms with van der Waals surface area (Å²) in [6.07, 6.45) is 3.59. The summed E-state index contributed by atoms with van der Waals surface area (Å²) in [5, 5.41) is 12.2. The van der Waals surface area contributed by atoms with E-state index in [1.54, 1.807) is 6.20 Å². The van der Waals surface area contributed by atoms with Gasteiger partial charge in [0.1, 0.15) is 11.4 Å². The predicted octanol–water partition coefficient (Wildman–Crippen LogP) is 2.52. The number of anilines is 1. The van der Waals surface area contributed by atoms with Gasteiger partial charge < -0.3 is 15.2 Å². The highest BCUT2D eigenvalue weighted by atomic mass is 79.9. The quantitative estimate of drug-likeness (QED) is 0.893. The first-order valence-corrected chi connectivity index (χ1v) is 6.56. The Labute approximate surface area is 114 Å². The molecule has 0 bridgehead atoms. The van der Waals surface area contributed by atoms with Gasteiger partial charge in [0.15, 0.2) is 0 Å². The zero-order chi connectivity index (χ0) is 13.2. The first-order chi connectivity index (χ1) is 8.50. The molecule has 0 spiro atoms. The van der Waals surface area contributed by atoms with E-state index in [0.717, 1.165) is 19.4 Å². The van der Waals surface area contributed by atoms with E-state index in [-0.39, 0.29) is 11.2 Å². The smallest absolute Gasteiger partial charge is 0.339 e. The van der Waals surface area contributed by atoms with Crippen molar-refractivity contribution in [2.24, 2.45) is 0 Å². The fraction of sp³-hybridized carbons (Fsp3) is 0.500. The number of nitrogens with one attached hydrogen (secondary N) is 1. The van der Waals surface area contributed by atoms with Crippen molar-refractivity contribution in [3.05, 3.63) is 22.3 Å². The van der Waals surface area contributed by atoms with E-state index < -0.39 is 5.97 Å². The minimum Gasteiger partial charge on any atom is -0.478 e. The van der Waals surface area contributed by atoms with Crippen LogP contribution in [0.1, 0.15) is 30.1 Å². The van der Waals surface area contributed by atoms with Crippen LogP contribution < -0.4 is 5.32 Å². The summed E-state index contributed by atoms with van der Waals surface area (Å²) in [5.41, 5.74) is -0.0733. The third-order valence-electron chi connectivity index (χ3n) is 3.01. The van der Waals surface area contributed by atoms with E-state index in [9.17, 15) is 4.79 Å². The van der Waals surface area contributed by atoms with Gasteiger partial charge >= 0.3 is 5.97 Å². The second kappa shape index (κ2) is 5.24. The molecule has 0 amide bonds. The number of ether oxygens (including phenoxy) is 1. The van der Waals surface area contributed by atoms with Gasteiger partial charge in [-0.1, -0.05) is 0 Å². The summed E-state index contributed by atoms with van der Waals surface area (Å²) in [7, 11) is 0. The molecule has 0 saturated carbocycles. The summed E-state index contributed by atoms with van der Waals surface area (Å²) < 4.78 is 6.29. The van der Waals surface area contributed by atoms with Gasteiger partial charge in [0, 0.05) is 23.8 Å². The van der Waals surface area contributed by atoms with Gasteiger partial charge in [-0.3, -0.25) is 0 Å². The highest BCUT2D eigenvalue weighted by Gasteiger charge is 2.30. The summed E-state index contributed by atoms with van der Waals surface area (Å²) in [5.74, 6) is -0.619. The summed E-state index contributed by atoms with van der Waals surface area (Å²) in [4.78, 5) is 15.2. The maximum Gasteiger partial charge on any atom is 0.339 e. The van der Waals surface area contributed by atoms with Crippen molar-refractivity contribution in [3.63, 3.8) is 0 Å². The highest BCUT2D eigenvalue weighted by molar-refractivity contribution is 9.10. The van der Waals surface area contributed by atoms with E-state index in [1.165, 1.54) is 6.07 Å². The molecule has 1 saturated heterocycles. The largest absolute Gasteiger partial charge is 0.478 e. The molecule has 0 aliphatic carbocycles. The Morgan fingerprint density at radius 2 is 2.50 bits per heavy atom. The molecule has 2 heterocycles. The minimum absolute atomic E-state index is 0.158. The number of hydrogen-bond donors (Lipinski definition) is 2. The van der Waals surface area contributed by atoms with Crippen molar-refractivity contribution in [2.75, 3.05) is 18.5 Å². The predicted molar refractivity (Wildman–Crippen MR) is 71.0 cm³/mol. The first-order valence-electron chi connectivity index (χ1n) is 5.77. The molecule has 1 fully saturated rings. The van der Waals surface area contributed by atoms with Crippen molar-refractivity contribution in [1.29, 1.82) is 0 Å². The molecule has 2 rings (SSSR count). The lowest BCUT2D eigenvalue weighted by atomic mass is 10.0. The number of carboxylic acids is 1. The van der Waals surface area contributed by atoms with E-state index in [0.29, 0.717) is 16.8 Å². The zero-order valence-electron chi connectivity index (χ0n) is 10.1. The Hall–Kier alpha value is -1.14. The number of halogens is 1. The number of hydrogen-bond acceptors (Lipinski definition) is 4. The van der Waals surface area contributed by atoms with Crippen LogP contribution in [0, 0.1) is 0 Å². The van der Waals surface area contributed by atoms with Gasteiger partial charge in [0.2, 0.25) is 0 Å². The fourth-order valence-electron chi connectivity index (χ4n) is 1.99. The van der Waals surface area contributed by atoms with E-state index in [1.807, 2.05) is 6.92 Å². The van der Waals surface area contributed by atoms with Crippen LogP contribution in [0.3, 0.4) is 0 Å². The number of pyridine rings is 1. The minimum atomic E-state index is -0.996. The second-order valence-electron chi connectivity index (χ2n) is 4.61. The molecule has 6 heteroatoms. The van der Waals surface area contributed by atoms with E-state index in [4.69, 9.17) is 9.84 Å². The van der Waals surface area contributed by atoms with Crippen molar-refractivity contribution in [3.8, 4) is 0 Å². The normalized spacial score (nSPS) is 23.0. The van der Waals surface area contributed by atoms with Gasteiger partial charge in [-0.15, -0.1) is 0 Å². The zero-order valence-corrected chi connectivity index (χ0v) is 11.7. The Morgan fingerprint density at radius 1 is 1.72 bits per heavy atom. The SMILES string of the molecule is CC1(CNc2ncc(Br)cc2C(=O)O)CCCO1. The van der Waals surface area contributed by atoms with Gasteiger partial charge in [-0.25, -0.2) is 9.78 Å². The Kier molecular flexibility index (Phi) is 3.87. The van der Waals surface area contributed by atoms with Crippen LogP contribution >= 0.6 is 15.9 Å². The molecule has 0 radical (unpaired) electrons. The Balaban J connectivity index is 2.11. The number of carboxylic acid groups (broad SMARTS) is 1. The van der Waals surface area contributed by atoms with Gasteiger partial charge in [-0.2, -0.15) is 0 Å². The average molecular weight is 315 g/mol. The second-order valence-corrected chi connectivity index (χ2v) is 5.53. The molecular formula is C12H15BrN2O3. The Bertz CT molecular complexity index is 459. The molecule has 1 aromatic heterocycles. The molecule has 5 nitrogen and oxygen atoms in total. The number of aromatic carboxylic acids is 1. The van der Waals surface area contributed by atoms with Crippen molar-refractivity contribution in [2.45, 2.75) is 25.4 Å². The number of nitrogens with zero attached hydrogens (tertiary/aromatic N) is 1. The van der Waals surface area contributed by atoms with Crippen LogP contribution in [0.25, 0.3) is 0 Å². The van der Waals surface area contributed by atoms with Crippen molar-refractivity contribution < 1.29 is 14.6 Å².